The summed E-state index contributed by atoms with van der Waals surface area (Å²) in [5.74, 6) is -1.14. The van der Waals surface area contributed by atoms with Crippen molar-refractivity contribution in [2.75, 3.05) is 34.0 Å². The lowest BCUT2D eigenvalue weighted by Crippen LogP contribution is -2.64. The van der Waals surface area contributed by atoms with Crippen LogP contribution in [0, 0.1) is 0 Å². The van der Waals surface area contributed by atoms with Crippen LogP contribution in [0.3, 0.4) is 0 Å². The fraction of sp³-hybridized carbons (Fsp3) is 0.520. The fourth-order valence-electron chi connectivity index (χ4n) is 4.59. The molecule has 10 heteroatoms. The van der Waals surface area contributed by atoms with Crippen LogP contribution in [0.15, 0.2) is 42.5 Å². The van der Waals surface area contributed by atoms with Gasteiger partial charge in [-0.05, 0) is 29.8 Å². The highest BCUT2D eigenvalue weighted by atomic mass is 35.5. The summed E-state index contributed by atoms with van der Waals surface area (Å²) in [6.07, 6.45) is -5.62. The third kappa shape index (κ3) is 5.06. The zero-order valence-corrected chi connectivity index (χ0v) is 20.3. The maximum absolute atomic E-state index is 10.8. The van der Waals surface area contributed by atoms with Crippen LogP contribution in [0.2, 0.25) is 5.02 Å². The van der Waals surface area contributed by atoms with Crippen LogP contribution in [0.5, 0.6) is 5.75 Å². The molecule has 0 saturated carbocycles. The van der Waals surface area contributed by atoms with E-state index in [4.69, 9.17) is 35.3 Å². The molecule has 35 heavy (non-hydrogen) atoms. The van der Waals surface area contributed by atoms with E-state index in [0.29, 0.717) is 29.4 Å². The molecule has 2 heterocycles. The van der Waals surface area contributed by atoms with Crippen molar-refractivity contribution >= 4 is 11.6 Å². The predicted molar refractivity (Wildman–Crippen MR) is 125 cm³/mol. The first-order valence-corrected chi connectivity index (χ1v) is 11.8. The quantitative estimate of drug-likeness (QED) is 0.418. The lowest BCUT2D eigenvalue weighted by atomic mass is 9.86. The lowest BCUT2D eigenvalue weighted by Gasteiger charge is -2.47. The highest BCUT2D eigenvalue weighted by molar-refractivity contribution is 6.31. The second kappa shape index (κ2) is 11.1. The van der Waals surface area contributed by atoms with Gasteiger partial charge in [0.1, 0.15) is 42.4 Å². The van der Waals surface area contributed by atoms with E-state index in [-0.39, 0.29) is 6.10 Å². The van der Waals surface area contributed by atoms with Gasteiger partial charge in [0, 0.05) is 36.8 Å². The summed E-state index contributed by atoms with van der Waals surface area (Å²) in [7, 11) is 2.85. The molecule has 4 N–H and O–H groups in total. The van der Waals surface area contributed by atoms with Crippen LogP contribution >= 0.6 is 11.6 Å². The third-order valence-electron chi connectivity index (χ3n) is 6.54. The summed E-state index contributed by atoms with van der Waals surface area (Å²) in [4.78, 5) is 0. The molecule has 7 atom stereocenters. The van der Waals surface area contributed by atoms with Gasteiger partial charge in [-0.15, -0.1) is 0 Å². The Hall–Kier alpha value is -1.79. The van der Waals surface area contributed by atoms with E-state index >= 15 is 0 Å². The van der Waals surface area contributed by atoms with Crippen molar-refractivity contribution in [3.05, 3.63) is 64.2 Å². The van der Waals surface area contributed by atoms with Crippen molar-refractivity contribution in [2.24, 2.45) is 0 Å². The predicted octanol–water partition coefficient (Wildman–Crippen LogP) is 1.52. The molecule has 0 bridgehead atoms. The van der Waals surface area contributed by atoms with Crippen LogP contribution in [0.4, 0.5) is 0 Å². The molecule has 2 fully saturated rings. The minimum Gasteiger partial charge on any atom is -0.488 e. The van der Waals surface area contributed by atoms with E-state index in [1.807, 2.05) is 24.3 Å². The molecule has 4 rings (SSSR count). The molecular formula is C25H31ClO9. The number of methoxy groups -OCH3 is 2. The monoisotopic (exact) mass is 510 g/mol. The van der Waals surface area contributed by atoms with Crippen molar-refractivity contribution in [2.45, 2.75) is 48.8 Å². The van der Waals surface area contributed by atoms with Crippen LogP contribution < -0.4 is 4.74 Å². The number of benzene rings is 2. The minimum atomic E-state index is -1.86. The highest BCUT2D eigenvalue weighted by Gasteiger charge is 2.55. The summed E-state index contributed by atoms with van der Waals surface area (Å²) in [5, 5.41) is 41.4. The van der Waals surface area contributed by atoms with Crippen molar-refractivity contribution in [3.63, 3.8) is 0 Å². The van der Waals surface area contributed by atoms with Crippen molar-refractivity contribution < 1.29 is 44.1 Å². The summed E-state index contributed by atoms with van der Waals surface area (Å²) in [6, 6.07) is 12.3. The van der Waals surface area contributed by atoms with E-state index < -0.39 is 42.9 Å². The Kier molecular flexibility index (Phi) is 8.32. The van der Waals surface area contributed by atoms with Crippen molar-refractivity contribution in [1.82, 2.24) is 0 Å². The average Bonchev–Trinajstić information content (AvgIpc) is 3.39. The highest BCUT2D eigenvalue weighted by Crippen LogP contribution is 2.42. The number of hydrogen-bond acceptors (Lipinski definition) is 9. The van der Waals surface area contributed by atoms with E-state index in [1.54, 1.807) is 25.3 Å². The topological polar surface area (TPSA) is 127 Å². The minimum absolute atomic E-state index is 0.0361. The Morgan fingerprint density at radius 2 is 1.83 bits per heavy atom. The van der Waals surface area contributed by atoms with Gasteiger partial charge in [-0.1, -0.05) is 29.8 Å². The van der Waals surface area contributed by atoms with E-state index in [0.717, 1.165) is 17.7 Å². The van der Waals surface area contributed by atoms with E-state index in [2.05, 4.69) is 0 Å². The van der Waals surface area contributed by atoms with Gasteiger partial charge in [0.2, 0.25) is 5.79 Å². The van der Waals surface area contributed by atoms with Gasteiger partial charge < -0.3 is 44.1 Å². The number of aliphatic hydroxyl groups is 4. The fourth-order valence-corrected chi connectivity index (χ4v) is 4.81. The van der Waals surface area contributed by atoms with Gasteiger partial charge in [0.25, 0.3) is 0 Å². The number of hydrogen-bond donors (Lipinski definition) is 4. The molecule has 3 unspecified atom stereocenters. The first kappa shape index (κ1) is 26.3. The molecule has 2 aromatic carbocycles. The summed E-state index contributed by atoms with van der Waals surface area (Å²) < 4.78 is 28.4. The largest absolute Gasteiger partial charge is 0.488 e. The Morgan fingerprint density at radius 3 is 2.43 bits per heavy atom. The first-order chi connectivity index (χ1) is 16.8. The lowest BCUT2D eigenvalue weighted by molar-refractivity contribution is -0.366. The van der Waals surface area contributed by atoms with Crippen LogP contribution in [-0.4, -0.2) is 85.0 Å². The molecule has 192 valence electrons. The Balaban J connectivity index is 1.65. The SMILES string of the molecule is COC(c1ccc(OC2CCOC2)cc1)c1cc(C2(OC)O[C@H](CO)[C@@H](O)[C@H](O)[C@H]2O)ccc1Cl. The molecule has 2 aliphatic heterocycles. The number of ether oxygens (including phenoxy) is 5. The molecule has 0 aromatic heterocycles. The Morgan fingerprint density at radius 1 is 1.09 bits per heavy atom. The normalized spacial score (nSPS) is 31.9. The summed E-state index contributed by atoms with van der Waals surface area (Å²) in [5.41, 5.74) is 1.71. The molecule has 9 nitrogen and oxygen atoms in total. The van der Waals surface area contributed by atoms with E-state index in [9.17, 15) is 20.4 Å². The van der Waals surface area contributed by atoms with Gasteiger partial charge in [0.05, 0.1) is 19.8 Å². The molecule has 2 aliphatic rings. The zero-order valence-electron chi connectivity index (χ0n) is 19.5. The standard InChI is InChI=1S/C25H31ClO9/c1-31-23(14-3-6-16(7-4-14)34-17-9-10-33-13-17)18-11-15(5-8-19(18)26)25(32-2)24(30)22(29)21(28)20(12-27)35-25/h3-8,11,17,20-24,27-30H,9-10,12-13H2,1-2H3/t17?,20-,21-,22+,23?,24-,25?/m1/s1. The molecule has 2 aromatic rings. The number of aliphatic hydroxyl groups excluding tert-OH is 4. The molecule has 0 spiro atoms. The Labute approximate surface area is 208 Å². The van der Waals surface area contributed by atoms with Gasteiger partial charge >= 0.3 is 0 Å². The summed E-state index contributed by atoms with van der Waals surface area (Å²) >= 11 is 6.54. The average molecular weight is 511 g/mol. The van der Waals surface area contributed by atoms with Crippen molar-refractivity contribution in [1.29, 1.82) is 0 Å². The van der Waals surface area contributed by atoms with Gasteiger partial charge in [-0.25, -0.2) is 0 Å². The maximum Gasteiger partial charge on any atom is 0.224 e. The molecular weight excluding hydrogens is 480 g/mol. The number of halogens is 1. The smallest absolute Gasteiger partial charge is 0.224 e. The van der Waals surface area contributed by atoms with Crippen LogP contribution in [0.1, 0.15) is 29.2 Å². The van der Waals surface area contributed by atoms with Crippen LogP contribution in [-0.2, 0) is 24.7 Å². The van der Waals surface area contributed by atoms with Gasteiger partial charge in [-0.3, -0.25) is 0 Å². The van der Waals surface area contributed by atoms with Gasteiger partial charge in [-0.2, -0.15) is 0 Å². The maximum atomic E-state index is 10.8. The van der Waals surface area contributed by atoms with Gasteiger partial charge in [0.15, 0.2) is 0 Å². The second-order valence-electron chi connectivity index (χ2n) is 8.66. The molecule has 0 radical (unpaired) electrons. The van der Waals surface area contributed by atoms with Crippen molar-refractivity contribution in [3.8, 4) is 5.75 Å². The molecule has 2 saturated heterocycles. The van der Waals surface area contributed by atoms with Crippen LogP contribution in [0.25, 0.3) is 0 Å². The molecule has 0 amide bonds. The Bertz CT molecular complexity index is 979. The summed E-state index contributed by atoms with van der Waals surface area (Å²) in [6.45, 7) is 0.682. The third-order valence-corrected chi connectivity index (χ3v) is 6.89. The second-order valence-corrected chi connectivity index (χ2v) is 9.07. The number of rotatable bonds is 8. The molecule has 0 aliphatic carbocycles. The first-order valence-electron chi connectivity index (χ1n) is 11.4. The zero-order chi connectivity index (χ0) is 25.2. The van der Waals surface area contributed by atoms with E-state index in [1.165, 1.54) is 7.11 Å².